The Hall–Kier alpha value is -2.22. The van der Waals surface area contributed by atoms with Crippen molar-refractivity contribution >= 4 is 48.1 Å². The van der Waals surface area contributed by atoms with Crippen LogP contribution >= 0.6 is 11.6 Å². The Kier molecular flexibility index (Phi) is 6.71. The third-order valence-electron chi connectivity index (χ3n) is 2.04. The van der Waals surface area contributed by atoms with Crippen LogP contribution < -0.4 is 0 Å². The molecule has 0 spiro atoms. The van der Waals surface area contributed by atoms with E-state index < -0.39 is 0 Å². The van der Waals surface area contributed by atoms with Gasteiger partial charge in [0.1, 0.15) is 5.69 Å². The first kappa shape index (κ1) is 17.8. The fourth-order valence-corrected chi connectivity index (χ4v) is 1.38. The van der Waals surface area contributed by atoms with Crippen molar-refractivity contribution < 1.29 is 0 Å². The van der Waals surface area contributed by atoms with Crippen LogP contribution in [0.3, 0.4) is 0 Å². The normalized spacial score (nSPS) is 11.8. The zero-order chi connectivity index (χ0) is 16.7. The summed E-state index contributed by atoms with van der Waals surface area (Å²) in [6, 6.07) is 0. The second-order valence-electron chi connectivity index (χ2n) is 5.11. The van der Waals surface area contributed by atoms with Crippen molar-refractivity contribution in [1.29, 1.82) is 0 Å². The lowest BCUT2D eigenvalue weighted by atomic mass is 10.5. The van der Waals surface area contributed by atoms with Gasteiger partial charge in [-0.1, -0.05) is 11.6 Å². The van der Waals surface area contributed by atoms with Crippen LogP contribution in [-0.4, -0.2) is 86.0 Å². The highest BCUT2D eigenvalue weighted by molar-refractivity contribution is 6.32. The smallest absolute Gasteiger partial charge is 0.254 e. The zero-order valence-electron chi connectivity index (χ0n) is 13.7. The number of hydrogen-bond acceptors (Lipinski definition) is 5. The number of halogens is 1. The van der Waals surface area contributed by atoms with Crippen LogP contribution in [0.2, 0.25) is 5.15 Å². The molecule has 9 heteroatoms. The minimum absolute atomic E-state index is 0.199. The zero-order valence-corrected chi connectivity index (χ0v) is 14.4. The summed E-state index contributed by atoms with van der Waals surface area (Å²) < 4.78 is 0. The van der Waals surface area contributed by atoms with E-state index in [1.54, 1.807) is 33.7 Å². The fraction of sp³-hybridized carbons (Fsp3) is 0.462. The van der Waals surface area contributed by atoms with Gasteiger partial charge >= 0.3 is 0 Å². The molecule has 1 rings (SSSR count). The molecule has 0 aliphatic rings. The largest absolute Gasteiger partial charge is 0.369 e. The van der Waals surface area contributed by atoms with Crippen molar-refractivity contribution in [2.45, 2.75) is 0 Å². The topological polar surface area (TPSA) is 72.6 Å². The number of rotatable bonds is 6. The molecule has 0 unspecified atom stereocenters. The highest BCUT2D eigenvalue weighted by Gasteiger charge is 2.11. The summed E-state index contributed by atoms with van der Waals surface area (Å²) in [6.07, 6.45) is 4.82. The molecule has 120 valence electrons. The predicted molar refractivity (Wildman–Crippen MR) is 92.6 cm³/mol. The number of aromatic nitrogens is 2. The second kappa shape index (κ2) is 8.28. The minimum atomic E-state index is 0.199. The molecule has 0 radical (unpaired) electrons. The van der Waals surface area contributed by atoms with E-state index in [1.165, 1.54) is 0 Å². The van der Waals surface area contributed by atoms with Gasteiger partial charge in [-0.25, -0.2) is 15.0 Å². The molecule has 0 aromatic carbocycles. The molecule has 1 heterocycles. The molecule has 0 atom stereocenters. The lowest BCUT2D eigenvalue weighted by molar-refractivity contribution is 0.641. The molecular formula is C13H21ClN8. The Morgan fingerprint density at radius 1 is 0.773 bits per heavy atom. The van der Waals surface area contributed by atoms with Crippen LogP contribution in [0.5, 0.6) is 0 Å². The van der Waals surface area contributed by atoms with Gasteiger partial charge in [-0.05, 0) is 0 Å². The van der Waals surface area contributed by atoms with E-state index in [9.17, 15) is 0 Å². The third kappa shape index (κ3) is 6.04. The Balaban J connectivity index is 3.30. The minimum Gasteiger partial charge on any atom is -0.369 e. The Bertz CT molecular complexity index is 578. The van der Waals surface area contributed by atoms with Gasteiger partial charge in [0.25, 0.3) is 5.95 Å². The van der Waals surface area contributed by atoms with Crippen molar-refractivity contribution in [2.24, 2.45) is 15.0 Å². The third-order valence-corrected chi connectivity index (χ3v) is 2.31. The lowest BCUT2D eigenvalue weighted by Gasteiger charge is -2.08. The molecule has 1 aromatic heterocycles. The Morgan fingerprint density at radius 2 is 1.27 bits per heavy atom. The maximum Gasteiger partial charge on any atom is 0.254 e. The van der Waals surface area contributed by atoms with Crippen LogP contribution in [0.4, 0.5) is 17.5 Å². The van der Waals surface area contributed by atoms with Gasteiger partial charge < -0.3 is 14.7 Å². The molecule has 0 aliphatic carbocycles. The standard InChI is InChI=1S/C13H21ClN8/c1-20(2)7-15-10-11(14)18-13(17-9-22(5)6)19-12(10)16-8-21(3)4/h7-9H,1-6H3. The molecule has 0 bridgehead atoms. The molecular weight excluding hydrogens is 304 g/mol. The van der Waals surface area contributed by atoms with Crippen molar-refractivity contribution in [1.82, 2.24) is 24.7 Å². The Labute approximate surface area is 135 Å². The molecule has 1 aromatic rings. The number of nitrogens with zero attached hydrogens (tertiary/aromatic N) is 8. The van der Waals surface area contributed by atoms with Gasteiger partial charge in [0.2, 0.25) is 0 Å². The Morgan fingerprint density at radius 3 is 1.82 bits per heavy atom. The van der Waals surface area contributed by atoms with Crippen molar-refractivity contribution in [3.63, 3.8) is 0 Å². The van der Waals surface area contributed by atoms with E-state index >= 15 is 0 Å². The van der Waals surface area contributed by atoms with Gasteiger partial charge in [0.15, 0.2) is 11.0 Å². The molecule has 0 N–H and O–H groups in total. The van der Waals surface area contributed by atoms with Crippen molar-refractivity contribution in [2.75, 3.05) is 42.3 Å². The molecule has 0 amide bonds. The van der Waals surface area contributed by atoms with Gasteiger partial charge in [-0.15, -0.1) is 0 Å². The van der Waals surface area contributed by atoms with Gasteiger partial charge in [0.05, 0.1) is 19.0 Å². The fourth-order valence-electron chi connectivity index (χ4n) is 1.17. The van der Waals surface area contributed by atoms with Crippen LogP contribution in [0.15, 0.2) is 15.0 Å². The maximum absolute atomic E-state index is 6.19. The number of hydrogen-bond donors (Lipinski definition) is 0. The van der Waals surface area contributed by atoms with Crippen LogP contribution in [0, 0.1) is 0 Å². The number of aliphatic imine (C=N–C) groups is 3. The van der Waals surface area contributed by atoms with E-state index in [2.05, 4.69) is 24.9 Å². The second-order valence-corrected chi connectivity index (χ2v) is 5.47. The average molecular weight is 325 g/mol. The molecule has 0 fully saturated rings. The molecule has 22 heavy (non-hydrogen) atoms. The van der Waals surface area contributed by atoms with E-state index in [1.807, 2.05) is 42.3 Å². The van der Waals surface area contributed by atoms with Crippen LogP contribution in [0.25, 0.3) is 0 Å². The summed E-state index contributed by atoms with van der Waals surface area (Å²) in [4.78, 5) is 26.4. The summed E-state index contributed by atoms with van der Waals surface area (Å²) in [6.45, 7) is 0. The van der Waals surface area contributed by atoms with Crippen LogP contribution in [0.1, 0.15) is 0 Å². The summed E-state index contributed by atoms with van der Waals surface area (Å²) in [5.74, 6) is 0.589. The van der Waals surface area contributed by atoms with Crippen molar-refractivity contribution in [3.8, 4) is 0 Å². The van der Waals surface area contributed by atoms with E-state index in [0.717, 1.165) is 0 Å². The van der Waals surface area contributed by atoms with Gasteiger partial charge in [0, 0.05) is 42.3 Å². The first-order valence-corrected chi connectivity index (χ1v) is 6.86. The first-order chi connectivity index (χ1) is 10.3. The first-order valence-electron chi connectivity index (χ1n) is 6.49. The molecule has 8 nitrogen and oxygen atoms in total. The summed E-state index contributed by atoms with van der Waals surface area (Å²) in [7, 11) is 11.1. The molecule has 0 saturated heterocycles. The highest BCUT2D eigenvalue weighted by Crippen LogP contribution is 2.33. The molecule has 0 saturated carbocycles. The average Bonchev–Trinajstić information content (AvgIpc) is 2.41. The van der Waals surface area contributed by atoms with Crippen molar-refractivity contribution in [3.05, 3.63) is 5.15 Å². The predicted octanol–water partition coefficient (Wildman–Crippen LogP) is 1.79. The van der Waals surface area contributed by atoms with E-state index in [0.29, 0.717) is 11.5 Å². The van der Waals surface area contributed by atoms with Gasteiger partial charge in [-0.2, -0.15) is 9.97 Å². The highest BCUT2D eigenvalue weighted by atomic mass is 35.5. The summed E-state index contributed by atoms with van der Waals surface area (Å²) in [5, 5.41) is 0.199. The van der Waals surface area contributed by atoms with Crippen LogP contribution in [-0.2, 0) is 0 Å². The summed E-state index contributed by atoms with van der Waals surface area (Å²) in [5.41, 5.74) is 0.400. The maximum atomic E-state index is 6.19. The van der Waals surface area contributed by atoms with E-state index in [4.69, 9.17) is 11.6 Å². The molecule has 0 aliphatic heterocycles. The summed E-state index contributed by atoms with van der Waals surface area (Å²) >= 11 is 6.19. The SMILES string of the molecule is CN(C)C=Nc1nc(Cl)c(N=CN(C)C)c(N=CN(C)C)n1. The lowest BCUT2D eigenvalue weighted by Crippen LogP contribution is -2.08. The monoisotopic (exact) mass is 324 g/mol. The van der Waals surface area contributed by atoms with Gasteiger partial charge in [-0.3, -0.25) is 0 Å². The quantitative estimate of drug-likeness (QED) is 0.453. The van der Waals surface area contributed by atoms with E-state index in [-0.39, 0.29) is 11.1 Å².